The van der Waals surface area contributed by atoms with Crippen LogP contribution in [0.4, 0.5) is 0 Å². The molecule has 4 rings (SSSR count). The highest BCUT2D eigenvalue weighted by molar-refractivity contribution is 7.90. The highest BCUT2D eigenvalue weighted by Crippen LogP contribution is 2.33. The van der Waals surface area contributed by atoms with Gasteiger partial charge in [0.05, 0.1) is 4.90 Å². The van der Waals surface area contributed by atoms with Crippen molar-refractivity contribution < 1.29 is 8.42 Å². The van der Waals surface area contributed by atoms with Crippen LogP contribution in [0.25, 0.3) is 0 Å². The first-order chi connectivity index (χ1) is 12.5. The molecule has 0 spiro atoms. The molecular formula is C20H26N2O2S2. The summed E-state index contributed by atoms with van der Waals surface area (Å²) >= 11 is 1.58. The Morgan fingerprint density at radius 1 is 1.00 bits per heavy atom. The molecule has 2 aromatic rings. The first kappa shape index (κ1) is 18.0. The fourth-order valence-corrected chi connectivity index (χ4v) is 6.65. The van der Waals surface area contributed by atoms with Crippen molar-refractivity contribution in [1.82, 2.24) is 3.96 Å². The Balaban J connectivity index is 1.79. The van der Waals surface area contributed by atoms with E-state index in [0.717, 1.165) is 24.8 Å². The lowest BCUT2D eigenvalue weighted by Crippen LogP contribution is -2.16. The molecule has 0 N–H and O–H groups in total. The molecule has 6 heteroatoms. The van der Waals surface area contributed by atoms with Gasteiger partial charge in [-0.3, -0.25) is 3.96 Å². The fraction of sp³-hybridized carbons (Fsp3) is 0.550. The van der Waals surface area contributed by atoms with Gasteiger partial charge in [-0.15, -0.1) is 4.40 Å². The van der Waals surface area contributed by atoms with E-state index in [1.807, 2.05) is 19.1 Å². The van der Waals surface area contributed by atoms with Gasteiger partial charge >= 0.3 is 0 Å². The molecule has 0 unspecified atom stereocenters. The van der Waals surface area contributed by atoms with E-state index in [0.29, 0.717) is 10.7 Å². The Bertz CT molecular complexity index is 947. The Labute approximate surface area is 159 Å². The van der Waals surface area contributed by atoms with E-state index in [4.69, 9.17) is 0 Å². The second-order valence-corrected chi connectivity index (χ2v) is 10.1. The van der Waals surface area contributed by atoms with Crippen molar-refractivity contribution in [3.05, 3.63) is 45.8 Å². The van der Waals surface area contributed by atoms with Gasteiger partial charge in [0.25, 0.3) is 10.0 Å². The van der Waals surface area contributed by atoms with Gasteiger partial charge in [0, 0.05) is 17.3 Å². The van der Waals surface area contributed by atoms with Crippen molar-refractivity contribution in [3.8, 4) is 0 Å². The Hall–Kier alpha value is -1.40. The molecule has 1 aromatic carbocycles. The number of aromatic nitrogens is 1. The van der Waals surface area contributed by atoms with E-state index >= 15 is 0 Å². The van der Waals surface area contributed by atoms with Crippen LogP contribution < -0.4 is 4.67 Å². The molecule has 26 heavy (non-hydrogen) atoms. The fourth-order valence-electron chi connectivity index (χ4n) is 4.12. The van der Waals surface area contributed by atoms with Crippen LogP contribution in [0.15, 0.2) is 33.6 Å². The van der Waals surface area contributed by atoms with Crippen LogP contribution in [-0.4, -0.2) is 12.4 Å². The smallest absolute Gasteiger partial charge is 0.283 e. The molecular weight excluding hydrogens is 364 g/mol. The Morgan fingerprint density at radius 2 is 1.69 bits per heavy atom. The van der Waals surface area contributed by atoms with Crippen LogP contribution in [0.5, 0.6) is 0 Å². The quantitative estimate of drug-likeness (QED) is 0.773. The van der Waals surface area contributed by atoms with Crippen LogP contribution in [0.1, 0.15) is 67.8 Å². The highest BCUT2D eigenvalue weighted by Gasteiger charge is 2.25. The number of fused-ring (bicyclic) bond motifs is 1. The molecule has 1 heterocycles. The lowest BCUT2D eigenvalue weighted by Gasteiger charge is -2.25. The second kappa shape index (κ2) is 7.31. The molecule has 2 aliphatic carbocycles. The summed E-state index contributed by atoms with van der Waals surface area (Å²) in [6.45, 7) is 1.95. The van der Waals surface area contributed by atoms with Gasteiger partial charge in [-0.25, -0.2) is 0 Å². The summed E-state index contributed by atoms with van der Waals surface area (Å²) in [5, 5.41) is 0. The first-order valence-corrected chi connectivity index (χ1v) is 11.9. The van der Waals surface area contributed by atoms with E-state index in [2.05, 4.69) is 8.35 Å². The number of rotatable bonds is 3. The summed E-state index contributed by atoms with van der Waals surface area (Å²) in [4.78, 5) is 0.283. The predicted octanol–water partition coefficient (Wildman–Crippen LogP) is 4.53. The zero-order valence-corrected chi connectivity index (χ0v) is 16.9. The van der Waals surface area contributed by atoms with Crippen LogP contribution in [0.2, 0.25) is 0 Å². The molecule has 1 saturated carbocycles. The van der Waals surface area contributed by atoms with Crippen molar-refractivity contribution in [2.45, 2.75) is 75.6 Å². The molecule has 0 atom stereocenters. The molecule has 0 saturated heterocycles. The lowest BCUT2D eigenvalue weighted by molar-refractivity contribution is 0.361. The summed E-state index contributed by atoms with van der Waals surface area (Å²) in [6, 6.07) is 7.50. The standard InChI is InChI=1S/C20H26N2O2S2/c1-15-11-13-17(14-12-15)26(23,24)21-20-18-9-5-6-10-19(18)22(25-20)16-7-3-2-4-8-16/h11-14,16H,2-10H2,1H3. The van der Waals surface area contributed by atoms with Gasteiger partial charge in [-0.1, -0.05) is 37.0 Å². The lowest BCUT2D eigenvalue weighted by atomic mass is 9.93. The third-order valence-electron chi connectivity index (χ3n) is 5.58. The maximum absolute atomic E-state index is 12.8. The average molecular weight is 391 g/mol. The molecule has 0 amide bonds. The topological polar surface area (TPSA) is 51.4 Å². The number of aryl methyl sites for hydroxylation is 1. The molecule has 0 radical (unpaired) electrons. The van der Waals surface area contributed by atoms with E-state index in [1.165, 1.54) is 49.8 Å². The number of benzene rings is 1. The van der Waals surface area contributed by atoms with Crippen LogP contribution in [0.3, 0.4) is 0 Å². The predicted molar refractivity (Wildman–Crippen MR) is 105 cm³/mol. The van der Waals surface area contributed by atoms with E-state index < -0.39 is 10.0 Å². The summed E-state index contributed by atoms with van der Waals surface area (Å²) in [5.74, 6) is 0. The van der Waals surface area contributed by atoms with Crippen LogP contribution in [0, 0.1) is 6.92 Å². The minimum absolute atomic E-state index is 0.283. The van der Waals surface area contributed by atoms with Crippen molar-refractivity contribution in [2.24, 2.45) is 4.40 Å². The van der Waals surface area contributed by atoms with E-state index in [1.54, 1.807) is 23.7 Å². The number of nitrogens with zero attached hydrogens (tertiary/aromatic N) is 2. The third kappa shape index (κ3) is 3.54. The van der Waals surface area contributed by atoms with Crippen molar-refractivity contribution in [1.29, 1.82) is 0 Å². The van der Waals surface area contributed by atoms with Crippen LogP contribution in [-0.2, 0) is 22.9 Å². The summed E-state index contributed by atoms with van der Waals surface area (Å²) in [6.07, 6.45) is 10.6. The van der Waals surface area contributed by atoms with Gasteiger partial charge in [0.1, 0.15) is 0 Å². The largest absolute Gasteiger partial charge is 0.297 e. The van der Waals surface area contributed by atoms with Gasteiger partial charge in [-0.2, -0.15) is 8.42 Å². The molecule has 1 fully saturated rings. The van der Waals surface area contributed by atoms with Gasteiger partial charge < -0.3 is 0 Å². The number of hydrogen-bond acceptors (Lipinski definition) is 3. The summed E-state index contributed by atoms with van der Waals surface area (Å²) < 4.78 is 33.0. The Kier molecular flexibility index (Phi) is 5.06. The molecule has 140 valence electrons. The van der Waals surface area contributed by atoms with E-state index in [-0.39, 0.29) is 4.90 Å². The normalized spacial score (nSPS) is 19.5. The van der Waals surface area contributed by atoms with Crippen molar-refractivity contribution in [2.75, 3.05) is 0 Å². The zero-order valence-electron chi connectivity index (χ0n) is 15.3. The molecule has 0 aliphatic heterocycles. The molecule has 1 aromatic heterocycles. The second-order valence-electron chi connectivity index (χ2n) is 7.53. The van der Waals surface area contributed by atoms with Gasteiger partial charge in [0.15, 0.2) is 4.67 Å². The number of hydrogen-bond donors (Lipinski definition) is 0. The maximum atomic E-state index is 12.8. The van der Waals surface area contributed by atoms with Crippen molar-refractivity contribution >= 4 is 21.6 Å². The minimum Gasteiger partial charge on any atom is -0.297 e. The minimum atomic E-state index is -3.66. The van der Waals surface area contributed by atoms with Gasteiger partial charge in [0.2, 0.25) is 0 Å². The molecule has 2 aliphatic rings. The summed E-state index contributed by atoms with van der Waals surface area (Å²) in [7, 11) is -3.66. The maximum Gasteiger partial charge on any atom is 0.283 e. The average Bonchev–Trinajstić information content (AvgIpc) is 3.01. The van der Waals surface area contributed by atoms with Crippen LogP contribution >= 0.6 is 11.5 Å². The number of sulfonamides is 1. The monoisotopic (exact) mass is 390 g/mol. The van der Waals surface area contributed by atoms with Gasteiger partial charge in [-0.05, 0) is 69.1 Å². The zero-order chi connectivity index (χ0) is 18.1. The Morgan fingerprint density at radius 3 is 2.42 bits per heavy atom. The highest BCUT2D eigenvalue weighted by atomic mass is 32.2. The van der Waals surface area contributed by atoms with Crippen molar-refractivity contribution in [3.63, 3.8) is 0 Å². The first-order valence-electron chi connectivity index (χ1n) is 9.66. The molecule has 0 bridgehead atoms. The SMILES string of the molecule is Cc1ccc(S(=O)(=O)N=c2sn(C3CCCCC3)c3c2CCCC3)cc1. The third-order valence-corrected chi connectivity index (χ3v) is 8.21. The molecule has 4 nitrogen and oxygen atoms in total. The summed E-state index contributed by atoms with van der Waals surface area (Å²) in [5.41, 5.74) is 3.58. The van der Waals surface area contributed by atoms with E-state index in [9.17, 15) is 8.42 Å².